The monoisotopic (exact) mass is 312 g/mol. The fourth-order valence-corrected chi connectivity index (χ4v) is 2.90. The lowest BCUT2D eigenvalue weighted by Crippen LogP contribution is -2.37. The minimum Gasteiger partial charge on any atom is -0.338 e. The lowest BCUT2D eigenvalue weighted by Gasteiger charge is -2.29. The number of hydrogen-bond acceptors (Lipinski definition) is 2. The van der Waals surface area contributed by atoms with Crippen LogP contribution < -0.4 is 5.32 Å². The van der Waals surface area contributed by atoms with Crippen LogP contribution in [0, 0.1) is 5.82 Å². The summed E-state index contributed by atoms with van der Waals surface area (Å²) in [6, 6.07) is 14.7. The Morgan fingerprint density at radius 3 is 2.61 bits per heavy atom. The average molecular weight is 312 g/mol. The van der Waals surface area contributed by atoms with E-state index in [0.29, 0.717) is 26.1 Å². The van der Waals surface area contributed by atoms with E-state index in [1.54, 1.807) is 12.1 Å². The molecule has 1 N–H and O–H groups in total. The van der Waals surface area contributed by atoms with Crippen molar-refractivity contribution in [3.05, 3.63) is 71.0 Å². The molecule has 1 heterocycles. The number of carbonyl (C=O) groups excluding carboxylic acids is 1. The molecule has 0 unspecified atom stereocenters. The molecule has 1 amide bonds. The number of nitrogens with zero attached hydrogens (tertiary/aromatic N) is 1. The average Bonchev–Trinajstić information content (AvgIpc) is 2.59. The summed E-state index contributed by atoms with van der Waals surface area (Å²) < 4.78 is 12.8. The fourth-order valence-electron chi connectivity index (χ4n) is 2.90. The van der Waals surface area contributed by atoms with E-state index in [4.69, 9.17) is 0 Å². The normalized spacial score (nSPS) is 13.7. The van der Waals surface area contributed by atoms with E-state index in [2.05, 4.69) is 23.5 Å². The molecule has 0 aliphatic carbocycles. The minimum atomic E-state index is -0.227. The van der Waals surface area contributed by atoms with E-state index < -0.39 is 0 Å². The van der Waals surface area contributed by atoms with Crippen LogP contribution in [-0.2, 0) is 24.3 Å². The van der Waals surface area contributed by atoms with Crippen molar-refractivity contribution >= 4 is 5.91 Å². The molecule has 0 bridgehead atoms. The van der Waals surface area contributed by atoms with Gasteiger partial charge in [0.05, 0.1) is 0 Å². The maximum atomic E-state index is 12.8. The predicted molar refractivity (Wildman–Crippen MR) is 88.3 cm³/mol. The summed E-state index contributed by atoms with van der Waals surface area (Å²) in [7, 11) is 0. The Morgan fingerprint density at radius 2 is 1.83 bits per heavy atom. The number of benzene rings is 2. The van der Waals surface area contributed by atoms with Gasteiger partial charge in [-0.2, -0.15) is 0 Å². The van der Waals surface area contributed by atoms with Gasteiger partial charge in [-0.3, -0.25) is 4.79 Å². The molecule has 2 aromatic rings. The molecule has 23 heavy (non-hydrogen) atoms. The zero-order chi connectivity index (χ0) is 16.1. The van der Waals surface area contributed by atoms with Crippen molar-refractivity contribution < 1.29 is 9.18 Å². The van der Waals surface area contributed by atoms with Crippen molar-refractivity contribution in [2.45, 2.75) is 25.9 Å². The number of nitrogens with one attached hydrogen (secondary N) is 1. The Morgan fingerprint density at radius 1 is 1.09 bits per heavy atom. The maximum Gasteiger partial charge on any atom is 0.224 e. The number of fused-ring (bicyclic) bond motifs is 1. The summed E-state index contributed by atoms with van der Waals surface area (Å²) in [4.78, 5) is 14.2. The molecule has 0 radical (unpaired) electrons. The number of halogens is 1. The first-order chi connectivity index (χ1) is 11.2. The molecule has 120 valence electrons. The Hall–Kier alpha value is -2.20. The number of rotatable bonds is 5. The van der Waals surface area contributed by atoms with Gasteiger partial charge < -0.3 is 10.2 Å². The minimum absolute atomic E-state index is 0.186. The van der Waals surface area contributed by atoms with Crippen molar-refractivity contribution in [2.75, 3.05) is 13.1 Å². The molecular weight excluding hydrogens is 291 g/mol. The van der Waals surface area contributed by atoms with Crippen molar-refractivity contribution in [3.63, 3.8) is 0 Å². The summed E-state index contributed by atoms with van der Waals surface area (Å²) in [5.74, 6) is -0.0413. The molecule has 0 saturated heterocycles. The van der Waals surface area contributed by atoms with Gasteiger partial charge in [-0.1, -0.05) is 36.4 Å². The fraction of sp³-hybridized carbons (Fsp3) is 0.316. The van der Waals surface area contributed by atoms with Gasteiger partial charge in [-0.05, 0) is 35.2 Å². The van der Waals surface area contributed by atoms with Gasteiger partial charge in [0.15, 0.2) is 0 Å². The number of hydrogen-bond donors (Lipinski definition) is 1. The van der Waals surface area contributed by atoms with Crippen molar-refractivity contribution in [2.24, 2.45) is 0 Å². The summed E-state index contributed by atoms with van der Waals surface area (Å²) >= 11 is 0. The van der Waals surface area contributed by atoms with Gasteiger partial charge in [-0.15, -0.1) is 0 Å². The second kappa shape index (κ2) is 7.38. The molecule has 4 heteroatoms. The summed E-state index contributed by atoms with van der Waals surface area (Å²) in [5.41, 5.74) is 3.63. The highest BCUT2D eigenvalue weighted by Gasteiger charge is 2.19. The van der Waals surface area contributed by atoms with E-state index in [9.17, 15) is 9.18 Å². The Kier molecular flexibility index (Phi) is 5.03. The van der Waals surface area contributed by atoms with Crippen molar-refractivity contribution in [3.8, 4) is 0 Å². The lowest BCUT2D eigenvalue weighted by molar-refractivity contribution is -0.132. The number of amides is 1. The van der Waals surface area contributed by atoms with Gasteiger partial charge >= 0.3 is 0 Å². The molecule has 1 aliphatic heterocycles. The van der Waals surface area contributed by atoms with E-state index >= 15 is 0 Å². The third kappa shape index (κ3) is 4.17. The largest absolute Gasteiger partial charge is 0.338 e. The molecule has 0 spiro atoms. The van der Waals surface area contributed by atoms with E-state index in [-0.39, 0.29) is 11.7 Å². The van der Waals surface area contributed by atoms with Crippen molar-refractivity contribution in [1.29, 1.82) is 0 Å². The third-order valence-electron chi connectivity index (χ3n) is 4.24. The second-order valence-electron chi connectivity index (χ2n) is 5.89. The number of carbonyl (C=O) groups is 1. The third-order valence-corrected chi connectivity index (χ3v) is 4.24. The molecule has 0 atom stereocenters. The summed E-state index contributed by atoms with van der Waals surface area (Å²) in [6.07, 6.45) is 1.42. The second-order valence-corrected chi connectivity index (χ2v) is 5.89. The highest BCUT2D eigenvalue weighted by molar-refractivity contribution is 5.76. The Labute approximate surface area is 136 Å². The van der Waals surface area contributed by atoms with Crippen LogP contribution in [0.15, 0.2) is 48.5 Å². The maximum absolute atomic E-state index is 12.8. The molecule has 1 aliphatic rings. The molecular formula is C19H21FN2O. The standard InChI is InChI=1S/C19H21FN2O/c20-18-7-5-15(6-8-18)13-21-11-9-19(23)22-12-10-16-3-1-2-4-17(16)14-22/h1-8,21H,9-14H2. The first kappa shape index (κ1) is 15.7. The highest BCUT2D eigenvalue weighted by Crippen LogP contribution is 2.18. The van der Waals surface area contributed by atoms with E-state index in [1.807, 2.05) is 11.0 Å². The van der Waals surface area contributed by atoms with Crippen LogP contribution in [0.5, 0.6) is 0 Å². The van der Waals surface area contributed by atoms with Crippen LogP contribution in [0.4, 0.5) is 4.39 Å². The van der Waals surface area contributed by atoms with Gasteiger partial charge in [0.2, 0.25) is 5.91 Å². The highest BCUT2D eigenvalue weighted by atomic mass is 19.1. The predicted octanol–water partition coefficient (Wildman–Crippen LogP) is 2.89. The summed E-state index contributed by atoms with van der Waals surface area (Å²) in [6.45, 7) is 2.80. The molecule has 0 saturated carbocycles. The van der Waals surface area contributed by atoms with Crippen LogP contribution in [0.1, 0.15) is 23.1 Å². The Bertz CT molecular complexity index is 669. The topological polar surface area (TPSA) is 32.3 Å². The molecule has 3 rings (SSSR count). The first-order valence-electron chi connectivity index (χ1n) is 8.02. The molecule has 2 aromatic carbocycles. The first-order valence-corrected chi connectivity index (χ1v) is 8.02. The SMILES string of the molecule is O=C(CCNCc1ccc(F)cc1)N1CCc2ccccc2C1. The zero-order valence-electron chi connectivity index (χ0n) is 13.1. The van der Waals surface area contributed by atoms with Gasteiger partial charge in [0.25, 0.3) is 0 Å². The zero-order valence-corrected chi connectivity index (χ0v) is 13.1. The molecule has 0 aromatic heterocycles. The van der Waals surface area contributed by atoms with Crippen LogP contribution in [-0.4, -0.2) is 23.9 Å². The van der Waals surface area contributed by atoms with Gasteiger partial charge in [0, 0.05) is 32.6 Å². The van der Waals surface area contributed by atoms with Gasteiger partial charge in [0.1, 0.15) is 5.82 Å². The van der Waals surface area contributed by atoms with Crippen LogP contribution in [0.25, 0.3) is 0 Å². The smallest absolute Gasteiger partial charge is 0.224 e. The van der Waals surface area contributed by atoms with Crippen molar-refractivity contribution in [1.82, 2.24) is 10.2 Å². The Balaban J connectivity index is 1.42. The molecule has 3 nitrogen and oxygen atoms in total. The van der Waals surface area contributed by atoms with Crippen LogP contribution in [0.3, 0.4) is 0 Å². The van der Waals surface area contributed by atoms with E-state index in [1.165, 1.54) is 23.3 Å². The lowest BCUT2D eigenvalue weighted by atomic mass is 10.00. The van der Waals surface area contributed by atoms with Crippen LogP contribution >= 0.6 is 0 Å². The van der Waals surface area contributed by atoms with E-state index in [0.717, 1.165) is 18.5 Å². The molecule has 0 fully saturated rings. The van der Waals surface area contributed by atoms with Gasteiger partial charge in [-0.25, -0.2) is 4.39 Å². The quantitative estimate of drug-likeness (QED) is 0.861. The summed E-state index contributed by atoms with van der Waals surface area (Å²) in [5, 5.41) is 3.24. The van der Waals surface area contributed by atoms with Crippen LogP contribution in [0.2, 0.25) is 0 Å².